The first kappa shape index (κ1) is 19.6. The maximum absolute atomic E-state index is 6.31. The second-order valence-electron chi connectivity index (χ2n) is 8.21. The van der Waals surface area contributed by atoms with E-state index < -0.39 is 0 Å². The highest BCUT2D eigenvalue weighted by Gasteiger charge is 2.20. The van der Waals surface area contributed by atoms with Crippen LogP contribution in [0.5, 0.6) is 5.75 Å². The molecule has 0 aliphatic carbocycles. The summed E-state index contributed by atoms with van der Waals surface area (Å²) in [6.07, 6.45) is 5.50. The number of anilines is 1. The molecule has 2 aromatic heterocycles. The largest absolute Gasteiger partial charge is 0.490 e. The van der Waals surface area contributed by atoms with Crippen LogP contribution in [0, 0.1) is 0 Å². The second-order valence-corrected chi connectivity index (χ2v) is 8.21. The van der Waals surface area contributed by atoms with E-state index in [4.69, 9.17) is 10.5 Å². The van der Waals surface area contributed by atoms with Crippen molar-refractivity contribution in [3.63, 3.8) is 0 Å². The highest BCUT2D eigenvalue weighted by atomic mass is 16.5. The van der Waals surface area contributed by atoms with Gasteiger partial charge in [0.1, 0.15) is 18.2 Å². The van der Waals surface area contributed by atoms with Crippen molar-refractivity contribution in [1.29, 1.82) is 0 Å². The Kier molecular flexibility index (Phi) is 6.29. The fraction of sp³-hybridized carbons (Fsp3) is 0.524. The molecule has 146 valence electrons. The van der Waals surface area contributed by atoms with E-state index in [2.05, 4.69) is 52.7 Å². The summed E-state index contributed by atoms with van der Waals surface area (Å²) in [5.41, 5.74) is 7.53. The molecule has 0 aromatic carbocycles. The summed E-state index contributed by atoms with van der Waals surface area (Å²) < 4.78 is 5.90. The van der Waals surface area contributed by atoms with Crippen molar-refractivity contribution in [2.45, 2.75) is 32.2 Å². The zero-order valence-corrected chi connectivity index (χ0v) is 16.6. The highest BCUT2D eigenvalue weighted by Crippen LogP contribution is 2.24. The average Bonchev–Trinajstić information content (AvgIpc) is 2.67. The average molecular weight is 370 g/mol. The van der Waals surface area contributed by atoms with Crippen LogP contribution in [0.25, 0.3) is 0 Å². The quantitative estimate of drug-likeness (QED) is 0.843. The first-order chi connectivity index (χ1) is 12.9. The number of pyridine rings is 2. The summed E-state index contributed by atoms with van der Waals surface area (Å²) in [6, 6.07) is 8.08. The van der Waals surface area contributed by atoms with Crippen molar-refractivity contribution in [3.8, 4) is 5.75 Å². The van der Waals surface area contributed by atoms with Crippen LogP contribution in [0.1, 0.15) is 26.3 Å². The van der Waals surface area contributed by atoms with E-state index in [1.165, 1.54) is 5.56 Å². The van der Waals surface area contributed by atoms with E-state index in [-0.39, 0.29) is 11.5 Å². The van der Waals surface area contributed by atoms with E-state index >= 15 is 0 Å². The highest BCUT2D eigenvalue weighted by molar-refractivity contribution is 5.38. The molecule has 1 atom stereocenters. The minimum Gasteiger partial charge on any atom is -0.490 e. The minimum absolute atomic E-state index is 0.0234. The fourth-order valence-corrected chi connectivity index (χ4v) is 3.20. The number of nitrogens with two attached hydrogens (primary N) is 1. The van der Waals surface area contributed by atoms with E-state index in [1.54, 1.807) is 6.20 Å². The molecule has 1 fully saturated rings. The molecule has 1 aliphatic rings. The Labute approximate surface area is 162 Å². The normalized spacial score (nSPS) is 17.0. The summed E-state index contributed by atoms with van der Waals surface area (Å²) >= 11 is 0. The Balaban J connectivity index is 1.43. The van der Waals surface area contributed by atoms with E-state index in [0.717, 1.165) is 44.3 Å². The summed E-state index contributed by atoms with van der Waals surface area (Å²) in [5.74, 6) is 1.84. The molecule has 3 heterocycles. The minimum atomic E-state index is -0.0234. The molecule has 0 radical (unpaired) electrons. The first-order valence-corrected chi connectivity index (χ1v) is 9.64. The molecule has 1 saturated heterocycles. The number of ether oxygens (including phenoxy) is 1. The van der Waals surface area contributed by atoms with Crippen LogP contribution in [0.4, 0.5) is 5.82 Å². The summed E-state index contributed by atoms with van der Waals surface area (Å²) in [6.45, 7) is 11.8. The van der Waals surface area contributed by atoms with Crippen molar-refractivity contribution in [1.82, 2.24) is 14.9 Å². The molecular formula is C21H31N5O. The molecule has 0 saturated carbocycles. The van der Waals surface area contributed by atoms with Gasteiger partial charge in [-0.1, -0.05) is 26.8 Å². The van der Waals surface area contributed by atoms with Crippen molar-refractivity contribution >= 4 is 5.82 Å². The Bertz CT molecular complexity index is 708. The van der Waals surface area contributed by atoms with Gasteiger partial charge in [0.15, 0.2) is 0 Å². The Morgan fingerprint density at radius 1 is 1.15 bits per heavy atom. The van der Waals surface area contributed by atoms with Gasteiger partial charge >= 0.3 is 0 Å². The molecule has 0 spiro atoms. The molecule has 27 heavy (non-hydrogen) atoms. The Morgan fingerprint density at radius 3 is 2.59 bits per heavy atom. The van der Waals surface area contributed by atoms with Gasteiger partial charge in [0, 0.05) is 45.1 Å². The second kappa shape index (κ2) is 8.67. The van der Waals surface area contributed by atoms with Gasteiger partial charge in [-0.3, -0.25) is 9.88 Å². The number of piperazine rings is 1. The van der Waals surface area contributed by atoms with Crippen LogP contribution >= 0.6 is 0 Å². The Morgan fingerprint density at radius 2 is 1.93 bits per heavy atom. The summed E-state index contributed by atoms with van der Waals surface area (Å²) in [4.78, 5) is 13.4. The van der Waals surface area contributed by atoms with Gasteiger partial charge in [0.2, 0.25) is 0 Å². The molecule has 0 amide bonds. The SMILES string of the molecule is CC(C)(C)c1cncc(OC[C@@H](N)CN2CCN(c3ccccn3)CC2)c1. The lowest BCUT2D eigenvalue weighted by atomic mass is 9.88. The number of rotatable bonds is 6. The number of nitrogens with zero attached hydrogens (tertiary/aromatic N) is 4. The van der Waals surface area contributed by atoms with E-state index in [9.17, 15) is 0 Å². The number of aromatic nitrogens is 2. The van der Waals surface area contributed by atoms with Crippen LogP contribution in [-0.4, -0.2) is 60.2 Å². The van der Waals surface area contributed by atoms with Gasteiger partial charge in [-0.05, 0) is 29.2 Å². The van der Waals surface area contributed by atoms with Crippen molar-refractivity contribution < 1.29 is 4.74 Å². The summed E-state index contributed by atoms with van der Waals surface area (Å²) in [7, 11) is 0. The van der Waals surface area contributed by atoms with Crippen molar-refractivity contribution in [2.24, 2.45) is 5.73 Å². The predicted octanol–water partition coefficient (Wildman–Crippen LogP) is 2.30. The van der Waals surface area contributed by atoms with Gasteiger partial charge < -0.3 is 15.4 Å². The van der Waals surface area contributed by atoms with E-state index in [1.807, 2.05) is 24.5 Å². The molecule has 3 rings (SSSR count). The molecule has 1 aliphatic heterocycles. The molecule has 0 bridgehead atoms. The third kappa shape index (κ3) is 5.65. The van der Waals surface area contributed by atoms with Crippen LogP contribution in [0.2, 0.25) is 0 Å². The fourth-order valence-electron chi connectivity index (χ4n) is 3.20. The first-order valence-electron chi connectivity index (χ1n) is 9.64. The van der Waals surface area contributed by atoms with Crippen LogP contribution in [0.3, 0.4) is 0 Å². The third-order valence-electron chi connectivity index (χ3n) is 4.88. The topological polar surface area (TPSA) is 67.5 Å². The Hall–Kier alpha value is -2.18. The van der Waals surface area contributed by atoms with Gasteiger partial charge in [0.05, 0.1) is 12.2 Å². The maximum atomic E-state index is 6.31. The van der Waals surface area contributed by atoms with Gasteiger partial charge in [-0.2, -0.15) is 0 Å². The molecule has 0 unspecified atom stereocenters. The van der Waals surface area contributed by atoms with Gasteiger partial charge in [-0.25, -0.2) is 4.98 Å². The zero-order chi connectivity index (χ0) is 19.3. The zero-order valence-electron chi connectivity index (χ0n) is 16.6. The van der Waals surface area contributed by atoms with Gasteiger partial charge in [-0.15, -0.1) is 0 Å². The molecule has 2 aromatic rings. The standard InChI is InChI=1S/C21H31N5O/c1-21(2,3)17-12-19(14-23-13-17)27-16-18(22)15-25-8-10-26(11-9-25)20-6-4-5-7-24-20/h4-7,12-14,18H,8-11,15-16,22H2,1-3H3/t18-/m0/s1. The number of hydrogen-bond acceptors (Lipinski definition) is 6. The maximum Gasteiger partial charge on any atom is 0.137 e. The van der Waals surface area contributed by atoms with Crippen molar-refractivity contribution in [2.75, 3.05) is 44.2 Å². The van der Waals surface area contributed by atoms with Crippen LogP contribution in [0.15, 0.2) is 42.9 Å². The van der Waals surface area contributed by atoms with Crippen molar-refractivity contribution in [3.05, 3.63) is 48.4 Å². The smallest absolute Gasteiger partial charge is 0.137 e. The summed E-state index contributed by atoms with van der Waals surface area (Å²) in [5, 5.41) is 0. The van der Waals surface area contributed by atoms with Gasteiger partial charge in [0.25, 0.3) is 0 Å². The lowest BCUT2D eigenvalue weighted by molar-refractivity contribution is 0.204. The monoisotopic (exact) mass is 369 g/mol. The lowest BCUT2D eigenvalue weighted by Gasteiger charge is -2.36. The number of hydrogen-bond donors (Lipinski definition) is 1. The van der Waals surface area contributed by atoms with E-state index in [0.29, 0.717) is 6.61 Å². The molecule has 6 nitrogen and oxygen atoms in total. The molecule has 6 heteroatoms. The molecule has 2 N–H and O–H groups in total. The van der Waals surface area contributed by atoms with Crippen LogP contribution in [-0.2, 0) is 5.41 Å². The lowest BCUT2D eigenvalue weighted by Crippen LogP contribution is -2.51. The molecular weight excluding hydrogens is 338 g/mol. The predicted molar refractivity (Wildman–Crippen MR) is 109 cm³/mol. The van der Waals surface area contributed by atoms with Crippen LogP contribution < -0.4 is 15.4 Å². The third-order valence-corrected chi connectivity index (χ3v) is 4.88.